The lowest BCUT2D eigenvalue weighted by molar-refractivity contribution is -0.138. The minimum Gasteiger partial charge on any atom is -0.508 e. The van der Waals surface area contributed by atoms with Gasteiger partial charge in [0, 0.05) is 6.42 Å². The lowest BCUT2D eigenvalue weighted by Gasteiger charge is -2.25. The second-order valence-electron chi connectivity index (χ2n) is 9.03. The molecule has 8 N–H and O–H groups in total. The van der Waals surface area contributed by atoms with E-state index in [0.717, 1.165) is 0 Å². The highest BCUT2D eigenvalue weighted by atomic mass is 32.2. The summed E-state index contributed by atoms with van der Waals surface area (Å²) >= 11 is 1.45. The number of benzene rings is 1. The van der Waals surface area contributed by atoms with Crippen LogP contribution < -0.4 is 27.0 Å². The number of amides is 4. The molecule has 0 fully saturated rings. The van der Waals surface area contributed by atoms with Crippen LogP contribution in [0.3, 0.4) is 0 Å². The number of thioether (sulfide) groups is 1. The summed E-state index contributed by atoms with van der Waals surface area (Å²) in [5, 5.41) is 28.4. The quantitative estimate of drug-likeness (QED) is 0.144. The number of aliphatic carboxylic acids is 1. The van der Waals surface area contributed by atoms with E-state index in [9.17, 15) is 29.1 Å². The standard InChI is InChI=1S/C25H39N5O7S/c1-5-14(2)21(26)25(37)30-19(12-16-6-8-17(31)9-7-16)24(36)28-15(3)22(34)29-18(10-11-38-4)23(35)27-13-20(32)33/h6-9,14-15,18-19,21,31H,5,10-13,26H2,1-4H3,(H,27,35)(H,28,36)(H,29,34)(H,30,37)(H,32,33)/t14-,15-,18-,19-,21-/m0/s1. The van der Waals surface area contributed by atoms with Crippen molar-refractivity contribution in [2.75, 3.05) is 18.6 Å². The number of hydrogen-bond acceptors (Lipinski definition) is 8. The van der Waals surface area contributed by atoms with Gasteiger partial charge in [0.15, 0.2) is 0 Å². The molecule has 0 bridgehead atoms. The Morgan fingerprint density at radius 1 is 0.921 bits per heavy atom. The van der Waals surface area contributed by atoms with Crippen LogP contribution in [0.25, 0.3) is 0 Å². The Bertz CT molecular complexity index is 960. The lowest BCUT2D eigenvalue weighted by atomic mass is 9.98. The Hall–Kier alpha value is -3.32. The summed E-state index contributed by atoms with van der Waals surface area (Å²) in [7, 11) is 0. The van der Waals surface area contributed by atoms with Crippen LogP contribution in [-0.2, 0) is 30.4 Å². The van der Waals surface area contributed by atoms with Crippen molar-refractivity contribution in [3.05, 3.63) is 29.8 Å². The Kier molecular flexibility index (Phi) is 14.2. The van der Waals surface area contributed by atoms with Gasteiger partial charge in [0.1, 0.15) is 30.4 Å². The van der Waals surface area contributed by atoms with E-state index < -0.39 is 60.3 Å². The zero-order valence-electron chi connectivity index (χ0n) is 22.2. The molecule has 0 aliphatic carbocycles. The average molecular weight is 554 g/mol. The molecule has 0 aromatic heterocycles. The molecule has 5 atom stereocenters. The molecule has 13 heteroatoms. The van der Waals surface area contributed by atoms with Crippen molar-refractivity contribution < 1.29 is 34.2 Å². The fraction of sp³-hybridized carbons (Fsp3) is 0.560. The van der Waals surface area contributed by atoms with Gasteiger partial charge < -0.3 is 37.2 Å². The number of carbonyl (C=O) groups is 5. The molecule has 0 saturated carbocycles. The van der Waals surface area contributed by atoms with Crippen LogP contribution in [0.15, 0.2) is 24.3 Å². The summed E-state index contributed by atoms with van der Waals surface area (Å²) in [6.07, 6.45) is 2.82. The van der Waals surface area contributed by atoms with Crippen LogP contribution >= 0.6 is 11.8 Å². The predicted molar refractivity (Wildman–Crippen MR) is 144 cm³/mol. The van der Waals surface area contributed by atoms with E-state index in [1.54, 1.807) is 12.1 Å². The van der Waals surface area contributed by atoms with Crippen LogP contribution in [0.1, 0.15) is 39.2 Å². The molecule has 212 valence electrons. The van der Waals surface area contributed by atoms with Crippen molar-refractivity contribution in [1.29, 1.82) is 0 Å². The Balaban J connectivity index is 2.96. The average Bonchev–Trinajstić information content (AvgIpc) is 2.88. The van der Waals surface area contributed by atoms with Crippen molar-refractivity contribution in [3.63, 3.8) is 0 Å². The zero-order valence-corrected chi connectivity index (χ0v) is 23.0. The summed E-state index contributed by atoms with van der Waals surface area (Å²) in [6, 6.07) is 2.16. The number of carboxylic acids is 1. The molecule has 0 saturated heterocycles. The van der Waals surface area contributed by atoms with E-state index in [1.807, 2.05) is 20.1 Å². The molecule has 1 aromatic rings. The SMILES string of the molecule is CC[C@H](C)[C@H](N)C(=O)N[C@@H](Cc1ccc(O)cc1)C(=O)N[C@@H](C)C(=O)N[C@@H](CCSC)C(=O)NCC(=O)O. The van der Waals surface area contributed by atoms with Gasteiger partial charge >= 0.3 is 5.97 Å². The normalized spacial score (nSPS) is 14.8. The van der Waals surface area contributed by atoms with Crippen molar-refractivity contribution in [3.8, 4) is 5.75 Å². The van der Waals surface area contributed by atoms with Gasteiger partial charge in [0.25, 0.3) is 0 Å². The number of rotatable bonds is 16. The molecule has 12 nitrogen and oxygen atoms in total. The minimum atomic E-state index is -1.22. The second-order valence-corrected chi connectivity index (χ2v) is 10.0. The van der Waals surface area contributed by atoms with Gasteiger partial charge in [-0.1, -0.05) is 32.4 Å². The van der Waals surface area contributed by atoms with Crippen LogP contribution in [0.4, 0.5) is 0 Å². The first-order valence-electron chi connectivity index (χ1n) is 12.3. The summed E-state index contributed by atoms with van der Waals surface area (Å²) in [5.74, 6) is -3.21. The summed E-state index contributed by atoms with van der Waals surface area (Å²) in [4.78, 5) is 61.8. The predicted octanol–water partition coefficient (Wildman–Crippen LogP) is -0.264. The molecule has 0 aliphatic rings. The molecule has 0 unspecified atom stereocenters. The van der Waals surface area contributed by atoms with Crippen molar-refractivity contribution >= 4 is 41.4 Å². The highest BCUT2D eigenvalue weighted by Gasteiger charge is 2.29. The van der Waals surface area contributed by atoms with Crippen LogP contribution in [-0.4, -0.2) is 82.5 Å². The lowest BCUT2D eigenvalue weighted by Crippen LogP contribution is -2.58. The van der Waals surface area contributed by atoms with Crippen molar-refractivity contribution in [2.45, 2.75) is 64.2 Å². The first-order chi connectivity index (χ1) is 17.9. The van der Waals surface area contributed by atoms with E-state index in [-0.39, 0.29) is 24.5 Å². The molecule has 1 rings (SSSR count). The number of nitrogens with two attached hydrogens (primary N) is 1. The van der Waals surface area contributed by atoms with Crippen molar-refractivity contribution in [2.24, 2.45) is 11.7 Å². The van der Waals surface area contributed by atoms with Crippen molar-refractivity contribution in [1.82, 2.24) is 21.3 Å². The fourth-order valence-corrected chi connectivity index (χ4v) is 3.80. The third-order valence-electron chi connectivity index (χ3n) is 5.98. The number of aromatic hydroxyl groups is 1. The van der Waals surface area contributed by atoms with Gasteiger partial charge in [-0.15, -0.1) is 0 Å². The van der Waals surface area contributed by atoms with Crippen LogP contribution in [0, 0.1) is 5.92 Å². The van der Waals surface area contributed by atoms with Gasteiger partial charge in [-0.25, -0.2) is 0 Å². The van der Waals surface area contributed by atoms with Gasteiger partial charge in [-0.05, 0) is 49.0 Å². The van der Waals surface area contributed by atoms with E-state index in [1.165, 1.54) is 30.8 Å². The monoisotopic (exact) mass is 553 g/mol. The smallest absolute Gasteiger partial charge is 0.322 e. The van der Waals surface area contributed by atoms with E-state index in [0.29, 0.717) is 17.7 Å². The number of phenols is 1. The van der Waals surface area contributed by atoms with E-state index in [2.05, 4.69) is 21.3 Å². The minimum absolute atomic E-state index is 0.0475. The maximum absolute atomic E-state index is 13.2. The second kappa shape index (κ2) is 16.5. The number of carboxylic acid groups (broad SMARTS) is 1. The highest BCUT2D eigenvalue weighted by Crippen LogP contribution is 2.12. The molecular formula is C25H39N5O7S. The third kappa shape index (κ3) is 11.4. The first kappa shape index (κ1) is 32.7. The largest absolute Gasteiger partial charge is 0.508 e. The maximum atomic E-state index is 13.2. The van der Waals surface area contributed by atoms with E-state index >= 15 is 0 Å². The topological polar surface area (TPSA) is 200 Å². The molecular weight excluding hydrogens is 514 g/mol. The summed E-state index contributed by atoms with van der Waals surface area (Å²) < 4.78 is 0. The highest BCUT2D eigenvalue weighted by molar-refractivity contribution is 7.98. The van der Waals surface area contributed by atoms with Crippen LogP contribution in [0.2, 0.25) is 0 Å². The molecule has 0 aliphatic heterocycles. The fourth-order valence-electron chi connectivity index (χ4n) is 3.32. The van der Waals surface area contributed by atoms with Gasteiger partial charge in [0.05, 0.1) is 6.04 Å². The Morgan fingerprint density at radius 3 is 2.08 bits per heavy atom. The number of phenolic OH excluding ortho intramolecular Hbond substituents is 1. The molecule has 1 aromatic carbocycles. The first-order valence-corrected chi connectivity index (χ1v) is 13.7. The Labute approximate surface area is 226 Å². The maximum Gasteiger partial charge on any atom is 0.322 e. The molecule has 0 radical (unpaired) electrons. The van der Waals surface area contributed by atoms with E-state index in [4.69, 9.17) is 10.8 Å². The summed E-state index contributed by atoms with van der Waals surface area (Å²) in [5.41, 5.74) is 6.69. The number of hydrogen-bond donors (Lipinski definition) is 7. The molecule has 0 spiro atoms. The zero-order chi connectivity index (χ0) is 28.8. The number of carbonyl (C=O) groups excluding carboxylic acids is 4. The van der Waals surface area contributed by atoms with Gasteiger partial charge in [-0.2, -0.15) is 11.8 Å². The van der Waals surface area contributed by atoms with Crippen LogP contribution in [0.5, 0.6) is 5.75 Å². The molecule has 0 heterocycles. The Morgan fingerprint density at radius 2 is 1.53 bits per heavy atom. The third-order valence-corrected chi connectivity index (χ3v) is 6.62. The number of nitrogens with one attached hydrogen (secondary N) is 4. The summed E-state index contributed by atoms with van der Waals surface area (Å²) in [6.45, 7) is 4.56. The molecule has 38 heavy (non-hydrogen) atoms. The molecule has 4 amide bonds. The van der Waals surface area contributed by atoms with Gasteiger partial charge in [-0.3, -0.25) is 24.0 Å². The van der Waals surface area contributed by atoms with Gasteiger partial charge in [0.2, 0.25) is 23.6 Å².